The van der Waals surface area contributed by atoms with Gasteiger partial charge >= 0.3 is 6.01 Å². The first kappa shape index (κ1) is 22.0. The molecule has 0 amide bonds. The molecule has 33 heavy (non-hydrogen) atoms. The van der Waals surface area contributed by atoms with E-state index in [0.29, 0.717) is 32.1 Å². The Morgan fingerprint density at radius 1 is 1.21 bits per heavy atom. The lowest BCUT2D eigenvalue weighted by Crippen LogP contribution is -2.53. The third-order valence-corrected chi connectivity index (χ3v) is 6.46. The molecular weight excluding hydrogens is 427 g/mol. The third-order valence-electron chi connectivity index (χ3n) is 6.46. The Kier molecular flexibility index (Phi) is 6.13. The molecule has 4 heterocycles. The number of aliphatic hydroxyl groups excluding tert-OH is 1. The SMILES string of the molecule is COc1nc(N2CC(OCCO)C2)cc(-n2ncc3cc(C)c(C4CCNCC4F)cc32)n1. The Labute approximate surface area is 191 Å². The molecule has 0 spiro atoms. The van der Waals surface area contributed by atoms with E-state index in [4.69, 9.17) is 14.6 Å². The maximum atomic E-state index is 14.7. The van der Waals surface area contributed by atoms with Gasteiger partial charge in [0.25, 0.3) is 0 Å². The van der Waals surface area contributed by atoms with Gasteiger partial charge < -0.3 is 24.8 Å². The summed E-state index contributed by atoms with van der Waals surface area (Å²) >= 11 is 0. The van der Waals surface area contributed by atoms with Crippen molar-refractivity contribution in [1.82, 2.24) is 25.1 Å². The number of benzene rings is 1. The third kappa shape index (κ3) is 4.25. The monoisotopic (exact) mass is 456 g/mol. The number of halogens is 1. The summed E-state index contributed by atoms with van der Waals surface area (Å²) in [6.45, 7) is 4.92. The number of methoxy groups -OCH3 is 1. The largest absolute Gasteiger partial charge is 0.467 e. The van der Waals surface area contributed by atoms with Gasteiger partial charge in [0, 0.05) is 37.0 Å². The van der Waals surface area contributed by atoms with Crippen molar-refractivity contribution in [2.75, 3.05) is 51.4 Å². The summed E-state index contributed by atoms with van der Waals surface area (Å²) in [7, 11) is 1.54. The molecule has 1 aromatic carbocycles. The molecule has 0 bridgehead atoms. The zero-order valence-electron chi connectivity index (χ0n) is 18.9. The van der Waals surface area contributed by atoms with Crippen LogP contribution >= 0.6 is 0 Å². The molecule has 0 aliphatic carbocycles. The minimum Gasteiger partial charge on any atom is -0.467 e. The predicted molar refractivity (Wildman–Crippen MR) is 122 cm³/mol. The molecule has 176 valence electrons. The molecule has 0 radical (unpaired) electrons. The standard InChI is InChI=1S/C23H29FN6O3/c1-14-7-15-10-26-30(20(15)8-18(14)17-3-4-25-11-19(17)24)22-9-21(27-23(28-22)32-2)29-12-16(13-29)33-6-5-31/h7-10,16-17,19,25,31H,3-6,11-13H2,1-2H3. The van der Waals surface area contributed by atoms with Crippen molar-refractivity contribution in [2.45, 2.75) is 31.5 Å². The van der Waals surface area contributed by atoms with E-state index in [2.05, 4.69) is 37.4 Å². The molecule has 0 saturated carbocycles. The molecule has 2 atom stereocenters. The summed E-state index contributed by atoms with van der Waals surface area (Å²) in [6.07, 6.45) is 1.72. The van der Waals surface area contributed by atoms with Crippen LogP contribution in [0.3, 0.4) is 0 Å². The number of nitrogens with one attached hydrogen (secondary N) is 1. The molecule has 2 N–H and O–H groups in total. The first-order valence-electron chi connectivity index (χ1n) is 11.3. The van der Waals surface area contributed by atoms with Gasteiger partial charge in [0.15, 0.2) is 5.82 Å². The average Bonchev–Trinajstić information content (AvgIpc) is 3.20. The fourth-order valence-electron chi connectivity index (χ4n) is 4.67. The Bertz CT molecular complexity index is 1130. The second kappa shape index (κ2) is 9.20. The first-order chi connectivity index (χ1) is 16.1. The molecule has 10 heteroatoms. The highest BCUT2D eigenvalue weighted by atomic mass is 19.1. The molecule has 3 aromatic rings. The van der Waals surface area contributed by atoms with Crippen LogP contribution in [-0.4, -0.2) is 83.6 Å². The van der Waals surface area contributed by atoms with Gasteiger partial charge in [-0.15, -0.1) is 0 Å². The van der Waals surface area contributed by atoms with Gasteiger partial charge in [-0.1, -0.05) is 0 Å². The number of piperidine rings is 1. The zero-order valence-corrected chi connectivity index (χ0v) is 18.9. The molecular formula is C23H29FN6O3. The lowest BCUT2D eigenvalue weighted by atomic mass is 9.85. The fourth-order valence-corrected chi connectivity index (χ4v) is 4.67. The molecule has 2 unspecified atom stereocenters. The van der Waals surface area contributed by atoms with Crippen LogP contribution in [0.15, 0.2) is 24.4 Å². The first-order valence-corrected chi connectivity index (χ1v) is 11.3. The Morgan fingerprint density at radius 2 is 2.03 bits per heavy atom. The number of alkyl halides is 1. The highest BCUT2D eigenvalue weighted by Gasteiger charge is 2.30. The van der Waals surface area contributed by atoms with Gasteiger partial charge in [0.05, 0.1) is 38.1 Å². The van der Waals surface area contributed by atoms with Gasteiger partial charge in [-0.25, -0.2) is 9.07 Å². The number of aryl methyl sites for hydroxylation is 1. The summed E-state index contributed by atoms with van der Waals surface area (Å²) in [5, 5.41) is 17.6. The zero-order chi connectivity index (χ0) is 22.9. The smallest absolute Gasteiger partial charge is 0.320 e. The van der Waals surface area contributed by atoms with Crippen molar-refractivity contribution in [3.63, 3.8) is 0 Å². The second-order valence-corrected chi connectivity index (χ2v) is 8.63. The molecule has 9 nitrogen and oxygen atoms in total. The number of nitrogens with zero attached hydrogens (tertiary/aromatic N) is 5. The van der Waals surface area contributed by atoms with E-state index in [-0.39, 0.29) is 24.6 Å². The summed E-state index contributed by atoms with van der Waals surface area (Å²) < 4.78 is 27.4. The Morgan fingerprint density at radius 3 is 2.79 bits per heavy atom. The Hall–Kier alpha value is -2.82. The predicted octanol–water partition coefficient (Wildman–Crippen LogP) is 1.75. The highest BCUT2D eigenvalue weighted by molar-refractivity contribution is 5.82. The van der Waals surface area contributed by atoms with Crippen LogP contribution in [-0.2, 0) is 4.74 Å². The number of fused-ring (bicyclic) bond motifs is 1. The number of anilines is 1. The van der Waals surface area contributed by atoms with Gasteiger partial charge in [0.2, 0.25) is 0 Å². The van der Waals surface area contributed by atoms with Crippen LogP contribution in [0.25, 0.3) is 16.7 Å². The quantitative estimate of drug-likeness (QED) is 0.555. The van der Waals surface area contributed by atoms with Crippen molar-refractivity contribution in [1.29, 1.82) is 0 Å². The van der Waals surface area contributed by atoms with Crippen molar-refractivity contribution >= 4 is 16.7 Å². The second-order valence-electron chi connectivity index (χ2n) is 8.63. The molecule has 2 aromatic heterocycles. The number of aliphatic hydroxyl groups is 1. The van der Waals surface area contributed by atoms with Gasteiger partial charge in [-0.05, 0) is 43.1 Å². The fraction of sp³-hybridized carbons (Fsp3) is 0.522. The van der Waals surface area contributed by atoms with E-state index in [0.717, 1.165) is 40.8 Å². The lowest BCUT2D eigenvalue weighted by Gasteiger charge is -2.39. The highest BCUT2D eigenvalue weighted by Crippen LogP contribution is 2.34. The minimum atomic E-state index is -0.913. The summed E-state index contributed by atoms with van der Waals surface area (Å²) in [5.41, 5.74) is 2.97. The van der Waals surface area contributed by atoms with Crippen LogP contribution in [0.5, 0.6) is 6.01 Å². The van der Waals surface area contributed by atoms with E-state index in [1.807, 2.05) is 13.0 Å². The van der Waals surface area contributed by atoms with Crippen molar-refractivity contribution in [2.24, 2.45) is 0 Å². The van der Waals surface area contributed by atoms with E-state index in [1.54, 1.807) is 10.9 Å². The number of aromatic nitrogens is 4. The Balaban J connectivity index is 1.49. The van der Waals surface area contributed by atoms with Crippen LogP contribution < -0.4 is 15.0 Å². The number of ether oxygens (including phenoxy) is 2. The van der Waals surface area contributed by atoms with Gasteiger partial charge in [-0.2, -0.15) is 15.1 Å². The molecule has 2 aliphatic rings. The number of rotatable bonds is 7. The van der Waals surface area contributed by atoms with E-state index in [1.165, 1.54) is 7.11 Å². The molecule has 2 aliphatic heterocycles. The minimum absolute atomic E-state index is 0.0103. The van der Waals surface area contributed by atoms with Crippen LogP contribution in [0.2, 0.25) is 0 Å². The van der Waals surface area contributed by atoms with Gasteiger partial charge in [0.1, 0.15) is 12.0 Å². The summed E-state index contributed by atoms with van der Waals surface area (Å²) in [6, 6.07) is 6.25. The van der Waals surface area contributed by atoms with Crippen LogP contribution in [0, 0.1) is 6.92 Å². The normalized spacial score (nSPS) is 21.4. The summed E-state index contributed by atoms with van der Waals surface area (Å²) in [4.78, 5) is 11.1. The summed E-state index contributed by atoms with van der Waals surface area (Å²) in [5.74, 6) is 1.17. The molecule has 2 fully saturated rings. The maximum absolute atomic E-state index is 14.7. The van der Waals surface area contributed by atoms with Crippen molar-refractivity contribution in [3.8, 4) is 11.8 Å². The molecule has 5 rings (SSSR count). The maximum Gasteiger partial charge on any atom is 0.320 e. The molecule has 2 saturated heterocycles. The van der Waals surface area contributed by atoms with E-state index >= 15 is 0 Å². The average molecular weight is 457 g/mol. The van der Waals surface area contributed by atoms with Crippen LogP contribution in [0.4, 0.5) is 10.2 Å². The van der Waals surface area contributed by atoms with E-state index in [9.17, 15) is 4.39 Å². The van der Waals surface area contributed by atoms with Gasteiger partial charge in [-0.3, -0.25) is 0 Å². The number of hydrogen-bond acceptors (Lipinski definition) is 8. The lowest BCUT2D eigenvalue weighted by molar-refractivity contribution is 0.0132. The van der Waals surface area contributed by atoms with E-state index < -0.39 is 6.17 Å². The van der Waals surface area contributed by atoms with Crippen LogP contribution in [0.1, 0.15) is 23.5 Å². The van der Waals surface area contributed by atoms with Crippen molar-refractivity contribution in [3.05, 3.63) is 35.5 Å². The van der Waals surface area contributed by atoms with Crippen molar-refractivity contribution < 1.29 is 19.0 Å². The topological polar surface area (TPSA) is 97.6 Å². The number of hydrogen-bond donors (Lipinski definition) is 2.